The summed E-state index contributed by atoms with van der Waals surface area (Å²) in [6, 6.07) is 19.9. The number of halogens is 2. The zero-order chi connectivity index (χ0) is 22.7. The van der Waals surface area contributed by atoms with Crippen LogP contribution in [0.15, 0.2) is 72.8 Å². The molecule has 32 heavy (non-hydrogen) atoms. The van der Waals surface area contributed by atoms with E-state index in [0.717, 1.165) is 22.3 Å². The summed E-state index contributed by atoms with van der Waals surface area (Å²) in [5.41, 5.74) is 4.43. The van der Waals surface area contributed by atoms with Gasteiger partial charge in [0.2, 0.25) is 0 Å². The second-order valence-electron chi connectivity index (χ2n) is 7.61. The molecule has 0 spiro atoms. The number of aliphatic carboxylic acids is 1. The third kappa shape index (κ3) is 4.46. The molecule has 7 heteroatoms. The molecule has 0 saturated heterocycles. The Hall–Kier alpha value is -3.74. The van der Waals surface area contributed by atoms with E-state index in [-0.39, 0.29) is 24.5 Å². The van der Waals surface area contributed by atoms with Gasteiger partial charge in [-0.2, -0.15) is 0 Å². The van der Waals surface area contributed by atoms with Gasteiger partial charge in [0.1, 0.15) is 12.6 Å². The van der Waals surface area contributed by atoms with Crippen molar-refractivity contribution in [2.75, 3.05) is 6.61 Å². The highest BCUT2D eigenvalue weighted by molar-refractivity contribution is 5.81. The summed E-state index contributed by atoms with van der Waals surface area (Å²) < 4.78 is 31.2. The van der Waals surface area contributed by atoms with Crippen molar-refractivity contribution in [3.63, 3.8) is 0 Å². The number of ether oxygens (including phenoxy) is 1. The molecular formula is C25H21F2NO4. The quantitative estimate of drug-likeness (QED) is 0.536. The summed E-state index contributed by atoms with van der Waals surface area (Å²) in [4.78, 5) is 24.0. The number of alkyl halides is 2. The van der Waals surface area contributed by atoms with Crippen LogP contribution in [0, 0.1) is 0 Å². The van der Waals surface area contributed by atoms with Crippen LogP contribution in [0.25, 0.3) is 11.1 Å². The fourth-order valence-electron chi connectivity index (χ4n) is 4.07. The van der Waals surface area contributed by atoms with Gasteiger partial charge < -0.3 is 15.2 Å². The molecule has 0 saturated carbocycles. The Kier molecular flexibility index (Phi) is 6.16. The Morgan fingerprint density at radius 1 is 0.938 bits per heavy atom. The van der Waals surface area contributed by atoms with Gasteiger partial charge in [0.05, 0.1) is 0 Å². The molecule has 0 heterocycles. The summed E-state index contributed by atoms with van der Waals surface area (Å²) in [6.45, 7) is 0.0487. The molecule has 0 unspecified atom stereocenters. The Labute approximate surface area is 183 Å². The number of rotatable bonds is 7. The Bertz CT molecular complexity index is 1100. The molecule has 3 aromatic carbocycles. The van der Waals surface area contributed by atoms with Crippen LogP contribution in [0.3, 0.4) is 0 Å². The molecule has 1 aliphatic carbocycles. The number of carboxylic acid groups (broad SMARTS) is 1. The van der Waals surface area contributed by atoms with E-state index in [1.165, 1.54) is 18.2 Å². The number of carbonyl (C=O) groups excluding carboxylic acids is 1. The first kappa shape index (κ1) is 21.5. The predicted octanol–water partition coefficient (Wildman–Crippen LogP) is 5.16. The zero-order valence-corrected chi connectivity index (χ0v) is 17.0. The van der Waals surface area contributed by atoms with E-state index in [2.05, 4.69) is 5.32 Å². The first-order valence-electron chi connectivity index (χ1n) is 10.2. The first-order chi connectivity index (χ1) is 15.4. The molecule has 2 N–H and O–H groups in total. The molecule has 164 valence electrons. The van der Waals surface area contributed by atoms with Gasteiger partial charge in [-0.1, -0.05) is 72.8 Å². The standard InChI is InChI=1S/C25H21F2NO4/c26-23(27)16-7-5-6-15(12-16)13-22(24(29)30)28-25(31)32-14-21-19-10-3-1-8-17(19)18-9-2-4-11-20(18)21/h1-12,21-23H,13-14H2,(H,28,31)(H,29,30)/t22-/m0/s1. The monoisotopic (exact) mass is 437 g/mol. The molecule has 0 fully saturated rings. The molecule has 0 bridgehead atoms. The highest BCUT2D eigenvalue weighted by Gasteiger charge is 2.29. The van der Waals surface area contributed by atoms with E-state index in [1.807, 2.05) is 48.5 Å². The molecule has 1 aliphatic rings. The highest BCUT2D eigenvalue weighted by atomic mass is 19.3. The molecule has 0 aliphatic heterocycles. The minimum Gasteiger partial charge on any atom is -0.480 e. The average molecular weight is 437 g/mol. The van der Waals surface area contributed by atoms with Gasteiger partial charge in [0.15, 0.2) is 0 Å². The molecule has 0 radical (unpaired) electrons. The number of nitrogens with one attached hydrogen (secondary N) is 1. The average Bonchev–Trinajstić information content (AvgIpc) is 3.11. The molecule has 1 atom stereocenters. The largest absolute Gasteiger partial charge is 0.480 e. The second-order valence-corrected chi connectivity index (χ2v) is 7.61. The molecular weight excluding hydrogens is 416 g/mol. The maximum Gasteiger partial charge on any atom is 0.407 e. The number of carbonyl (C=O) groups is 2. The van der Waals surface area contributed by atoms with E-state index >= 15 is 0 Å². The lowest BCUT2D eigenvalue weighted by atomic mass is 9.98. The van der Waals surface area contributed by atoms with Crippen LogP contribution in [-0.4, -0.2) is 29.8 Å². The van der Waals surface area contributed by atoms with Crippen molar-refractivity contribution < 1.29 is 28.2 Å². The molecule has 4 rings (SSSR count). The van der Waals surface area contributed by atoms with Gasteiger partial charge in [-0.25, -0.2) is 18.4 Å². The maximum atomic E-state index is 12.9. The van der Waals surface area contributed by atoms with Gasteiger partial charge in [-0.15, -0.1) is 0 Å². The minimum absolute atomic E-state index is 0.0487. The van der Waals surface area contributed by atoms with Gasteiger partial charge in [0, 0.05) is 17.9 Å². The van der Waals surface area contributed by atoms with Gasteiger partial charge in [-0.05, 0) is 27.8 Å². The smallest absolute Gasteiger partial charge is 0.407 e. The number of hydrogen-bond donors (Lipinski definition) is 2. The molecule has 0 aromatic heterocycles. The van der Waals surface area contributed by atoms with Crippen LogP contribution in [0.1, 0.15) is 34.6 Å². The number of amides is 1. The topological polar surface area (TPSA) is 75.6 Å². The SMILES string of the molecule is O=C(N[C@@H](Cc1cccc(C(F)F)c1)C(=O)O)OCC1c2ccccc2-c2ccccc21. The highest BCUT2D eigenvalue weighted by Crippen LogP contribution is 2.44. The Morgan fingerprint density at radius 3 is 2.16 bits per heavy atom. The summed E-state index contributed by atoms with van der Waals surface area (Å²) in [5, 5.41) is 11.8. The van der Waals surface area contributed by atoms with Crippen molar-refractivity contribution in [1.29, 1.82) is 0 Å². The third-order valence-electron chi connectivity index (χ3n) is 5.58. The van der Waals surface area contributed by atoms with Crippen molar-refractivity contribution in [3.8, 4) is 11.1 Å². The summed E-state index contributed by atoms with van der Waals surface area (Å²) in [5.74, 6) is -1.43. The third-order valence-corrected chi connectivity index (χ3v) is 5.58. The fourth-order valence-corrected chi connectivity index (χ4v) is 4.07. The molecule has 1 amide bonds. The number of carboxylic acids is 1. The maximum absolute atomic E-state index is 12.9. The number of alkyl carbamates (subject to hydrolysis) is 1. The molecule has 3 aromatic rings. The van der Waals surface area contributed by atoms with Crippen molar-refractivity contribution in [2.24, 2.45) is 0 Å². The van der Waals surface area contributed by atoms with Crippen molar-refractivity contribution in [1.82, 2.24) is 5.32 Å². The first-order valence-corrected chi connectivity index (χ1v) is 10.2. The minimum atomic E-state index is -2.66. The van der Waals surface area contributed by atoms with Crippen LogP contribution in [0.5, 0.6) is 0 Å². The van der Waals surface area contributed by atoms with Crippen molar-refractivity contribution in [2.45, 2.75) is 24.8 Å². The lowest BCUT2D eigenvalue weighted by Gasteiger charge is -2.18. The van der Waals surface area contributed by atoms with E-state index < -0.39 is 24.5 Å². The van der Waals surface area contributed by atoms with Crippen molar-refractivity contribution >= 4 is 12.1 Å². The lowest BCUT2D eigenvalue weighted by Crippen LogP contribution is -2.42. The van der Waals surface area contributed by atoms with Gasteiger partial charge >= 0.3 is 12.1 Å². The van der Waals surface area contributed by atoms with E-state index in [1.54, 1.807) is 6.07 Å². The van der Waals surface area contributed by atoms with Crippen LogP contribution >= 0.6 is 0 Å². The fraction of sp³-hybridized carbons (Fsp3) is 0.200. The number of benzene rings is 3. The van der Waals surface area contributed by atoms with Gasteiger partial charge in [-0.3, -0.25) is 0 Å². The summed E-state index contributed by atoms with van der Waals surface area (Å²) in [6.07, 6.45) is -3.67. The Morgan fingerprint density at radius 2 is 1.56 bits per heavy atom. The Balaban J connectivity index is 1.43. The van der Waals surface area contributed by atoms with E-state index in [0.29, 0.717) is 5.56 Å². The van der Waals surface area contributed by atoms with Crippen molar-refractivity contribution in [3.05, 3.63) is 95.1 Å². The van der Waals surface area contributed by atoms with E-state index in [9.17, 15) is 23.5 Å². The number of hydrogen-bond acceptors (Lipinski definition) is 3. The van der Waals surface area contributed by atoms with Crippen LogP contribution in [-0.2, 0) is 16.0 Å². The van der Waals surface area contributed by atoms with E-state index in [4.69, 9.17) is 4.74 Å². The molecule has 5 nitrogen and oxygen atoms in total. The zero-order valence-electron chi connectivity index (χ0n) is 17.0. The lowest BCUT2D eigenvalue weighted by molar-refractivity contribution is -0.139. The number of fused-ring (bicyclic) bond motifs is 3. The van der Waals surface area contributed by atoms with Gasteiger partial charge in [0.25, 0.3) is 6.43 Å². The predicted molar refractivity (Wildman–Crippen MR) is 115 cm³/mol. The van der Waals surface area contributed by atoms with Crippen LogP contribution in [0.4, 0.5) is 13.6 Å². The van der Waals surface area contributed by atoms with Crippen LogP contribution in [0.2, 0.25) is 0 Å². The van der Waals surface area contributed by atoms with Crippen LogP contribution < -0.4 is 5.32 Å². The second kappa shape index (κ2) is 9.18. The summed E-state index contributed by atoms with van der Waals surface area (Å²) >= 11 is 0. The summed E-state index contributed by atoms with van der Waals surface area (Å²) in [7, 11) is 0. The normalized spacial score (nSPS) is 13.3.